The lowest BCUT2D eigenvalue weighted by Gasteiger charge is -2.13. The molecule has 3 rings (SSSR count). The number of nitrogens with zero attached hydrogens (tertiary/aromatic N) is 3. The molecule has 0 spiro atoms. The van der Waals surface area contributed by atoms with Gasteiger partial charge in [0.25, 0.3) is 0 Å². The monoisotopic (exact) mass is 378 g/mol. The molecule has 6 heteroatoms. The van der Waals surface area contributed by atoms with E-state index in [1.165, 1.54) is 11.8 Å². The fourth-order valence-electron chi connectivity index (χ4n) is 2.65. The van der Waals surface area contributed by atoms with Crippen molar-refractivity contribution in [1.82, 2.24) is 14.8 Å². The van der Waals surface area contributed by atoms with Crippen LogP contribution < -0.4 is 5.32 Å². The topological polar surface area (TPSA) is 59.8 Å². The first-order valence-electron chi connectivity index (χ1n) is 8.72. The quantitative estimate of drug-likeness (QED) is 0.484. The molecule has 1 atom stereocenters. The van der Waals surface area contributed by atoms with Crippen molar-refractivity contribution in [2.24, 2.45) is 0 Å². The molecule has 1 aromatic heterocycles. The summed E-state index contributed by atoms with van der Waals surface area (Å²) in [4.78, 5) is 12.6. The molecule has 0 saturated heterocycles. The van der Waals surface area contributed by atoms with E-state index < -0.39 is 0 Å². The van der Waals surface area contributed by atoms with Gasteiger partial charge in [-0.3, -0.25) is 9.36 Å². The molecule has 1 N–H and O–H groups in total. The third kappa shape index (κ3) is 4.65. The van der Waals surface area contributed by atoms with E-state index in [0.717, 1.165) is 22.6 Å². The number of amides is 1. The number of hydrogen-bond donors (Lipinski definition) is 1. The van der Waals surface area contributed by atoms with Crippen LogP contribution in [0.2, 0.25) is 0 Å². The molecule has 0 bridgehead atoms. The van der Waals surface area contributed by atoms with E-state index >= 15 is 0 Å². The molecule has 0 aliphatic rings. The highest BCUT2D eigenvalue weighted by atomic mass is 32.2. The third-order valence-electron chi connectivity index (χ3n) is 4.00. The average molecular weight is 379 g/mol. The maximum atomic E-state index is 12.6. The van der Waals surface area contributed by atoms with Crippen LogP contribution in [0.5, 0.6) is 0 Å². The van der Waals surface area contributed by atoms with Gasteiger partial charge in [0.2, 0.25) is 5.91 Å². The Bertz CT molecular complexity index is 936. The number of aromatic nitrogens is 3. The maximum Gasteiger partial charge on any atom is 0.237 e. The largest absolute Gasteiger partial charge is 0.325 e. The lowest BCUT2D eigenvalue weighted by molar-refractivity contribution is -0.115. The van der Waals surface area contributed by atoms with Gasteiger partial charge in [0.1, 0.15) is 0 Å². The zero-order valence-corrected chi connectivity index (χ0v) is 16.2. The Hall–Kier alpha value is -2.86. The van der Waals surface area contributed by atoms with Crippen molar-refractivity contribution in [2.75, 3.05) is 5.32 Å². The highest BCUT2D eigenvalue weighted by molar-refractivity contribution is 8.00. The number of carbonyl (C=O) groups excluding carboxylic acids is 1. The summed E-state index contributed by atoms with van der Waals surface area (Å²) in [6.07, 6.45) is 1.80. The molecule has 0 aliphatic carbocycles. The summed E-state index contributed by atoms with van der Waals surface area (Å²) in [5.41, 5.74) is 2.88. The number of thioether (sulfide) groups is 1. The molecular weight excluding hydrogens is 356 g/mol. The minimum atomic E-state index is -0.318. The van der Waals surface area contributed by atoms with Crippen LogP contribution >= 0.6 is 11.8 Å². The number of hydrogen-bond acceptors (Lipinski definition) is 4. The van der Waals surface area contributed by atoms with Crippen molar-refractivity contribution in [2.45, 2.75) is 30.8 Å². The molecular formula is C21H22N4OS. The predicted octanol–water partition coefficient (Wildman–Crippen LogP) is 4.56. The second-order valence-corrected chi connectivity index (χ2v) is 7.50. The van der Waals surface area contributed by atoms with E-state index in [9.17, 15) is 4.79 Å². The standard InChI is InChI=1S/C21H22N4OS/c1-4-13-25-19(17-10-6-5-7-11-17)23-24-21(25)27-16(3)20(26)22-18-12-8-9-15(2)14-18/h4-12,14,16H,1,13H2,2-3H3,(H,22,26)/t16-/m1/s1. The second-order valence-electron chi connectivity index (χ2n) is 6.19. The minimum absolute atomic E-state index is 0.0694. The summed E-state index contributed by atoms with van der Waals surface area (Å²) < 4.78 is 1.98. The lowest BCUT2D eigenvalue weighted by atomic mass is 10.2. The van der Waals surface area contributed by atoms with Crippen molar-refractivity contribution in [3.05, 3.63) is 72.8 Å². The highest BCUT2D eigenvalue weighted by Crippen LogP contribution is 2.27. The number of aryl methyl sites for hydroxylation is 1. The number of carbonyl (C=O) groups is 1. The van der Waals surface area contributed by atoms with E-state index in [2.05, 4.69) is 22.1 Å². The minimum Gasteiger partial charge on any atom is -0.325 e. The Morgan fingerprint density at radius 1 is 1.22 bits per heavy atom. The normalized spacial score (nSPS) is 11.8. The number of rotatable bonds is 7. The Balaban J connectivity index is 1.77. The van der Waals surface area contributed by atoms with Crippen molar-refractivity contribution in [3.8, 4) is 11.4 Å². The van der Waals surface area contributed by atoms with Gasteiger partial charge in [-0.25, -0.2) is 0 Å². The van der Waals surface area contributed by atoms with Gasteiger partial charge in [-0.05, 0) is 31.5 Å². The Labute approximate surface area is 163 Å². The fraction of sp³-hybridized carbons (Fsp3) is 0.190. The molecule has 27 heavy (non-hydrogen) atoms. The molecule has 1 amide bonds. The molecule has 3 aromatic rings. The van der Waals surface area contributed by atoms with Crippen LogP contribution in [0.15, 0.2) is 72.4 Å². The van der Waals surface area contributed by atoms with Gasteiger partial charge in [-0.1, -0.05) is 60.3 Å². The maximum absolute atomic E-state index is 12.6. The number of benzene rings is 2. The Kier molecular flexibility index (Phi) is 6.08. The van der Waals surface area contributed by atoms with Crippen molar-refractivity contribution in [1.29, 1.82) is 0 Å². The summed E-state index contributed by atoms with van der Waals surface area (Å²) in [5.74, 6) is 0.698. The van der Waals surface area contributed by atoms with E-state index in [4.69, 9.17) is 0 Å². The highest BCUT2D eigenvalue weighted by Gasteiger charge is 2.20. The number of allylic oxidation sites excluding steroid dienone is 1. The van der Waals surface area contributed by atoms with E-state index in [1.54, 1.807) is 6.08 Å². The fourth-order valence-corrected chi connectivity index (χ4v) is 3.51. The van der Waals surface area contributed by atoms with Crippen molar-refractivity contribution < 1.29 is 4.79 Å². The SMILES string of the molecule is C=CCn1c(S[C@H](C)C(=O)Nc2cccc(C)c2)nnc1-c1ccccc1. The van der Waals surface area contributed by atoms with Gasteiger partial charge in [0, 0.05) is 17.8 Å². The Morgan fingerprint density at radius 2 is 2.00 bits per heavy atom. The van der Waals surface area contributed by atoms with Crippen LogP contribution in [0, 0.1) is 6.92 Å². The third-order valence-corrected chi connectivity index (χ3v) is 5.08. The van der Waals surface area contributed by atoms with Crippen LogP contribution in [0.4, 0.5) is 5.69 Å². The zero-order valence-electron chi connectivity index (χ0n) is 15.4. The van der Waals surface area contributed by atoms with Crippen LogP contribution in [-0.4, -0.2) is 25.9 Å². The first-order valence-corrected chi connectivity index (χ1v) is 9.60. The van der Waals surface area contributed by atoms with Gasteiger partial charge in [-0.15, -0.1) is 16.8 Å². The van der Waals surface area contributed by atoms with Gasteiger partial charge < -0.3 is 5.32 Å². The number of nitrogens with one attached hydrogen (secondary N) is 1. The van der Waals surface area contributed by atoms with Gasteiger partial charge in [0.15, 0.2) is 11.0 Å². The smallest absolute Gasteiger partial charge is 0.237 e. The summed E-state index contributed by atoms with van der Waals surface area (Å²) >= 11 is 1.39. The zero-order chi connectivity index (χ0) is 19.2. The van der Waals surface area contributed by atoms with E-state index in [-0.39, 0.29) is 11.2 Å². The van der Waals surface area contributed by atoms with Crippen molar-refractivity contribution in [3.63, 3.8) is 0 Å². The predicted molar refractivity (Wildman–Crippen MR) is 111 cm³/mol. The first kappa shape index (κ1) is 18.9. The van der Waals surface area contributed by atoms with Crippen LogP contribution in [0.1, 0.15) is 12.5 Å². The summed E-state index contributed by atoms with van der Waals surface area (Å²) in [7, 11) is 0. The molecule has 1 heterocycles. The van der Waals surface area contributed by atoms with Gasteiger partial charge >= 0.3 is 0 Å². The average Bonchev–Trinajstić information content (AvgIpc) is 3.05. The summed E-state index contributed by atoms with van der Waals surface area (Å²) in [6, 6.07) is 17.6. The summed E-state index contributed by atoms with van der Waals surface area (Å²) in [5, 5.41) is 12.0. The van der Waals surface area contributed by atoms with E-state index in [1.807, 2.05) is 73.0 Å². The molecule has 138 valence electrons. The number of anilines is 1. The van der Waals surface area contributed by atoms with Crippen molar-refractivity contribution >= 4 is 23.4 Å². The second kappa shape index (κ2) is 8.68. The van der Waals surface area contributed by atoms with Crippen LogP contribution in [0.3, 0.4) is 0 Å². The molecule has 0 unspecified atom stereocenters. The van der Waals surface area contributed by atoms with Gasteiger partial charge in [0.05, 0.1) is 5.25 Å². The van der Waals surface area contributed by atoms with E-state index in [0.29, 0.717) is 11.7 Å². The molecule has 0 radical (unpaired) electrons. The van der Waals surface area contributed by atoms with Crippen LogP contribution in [-0.2, 0) is 11.3 Å². The molecule has 2 aromatic carbocycles. The van der Waals surface area contributed by atoms with Crippen LogP contribution in [0.25, 0.3) is 11.4 Å². The van der Waals surface area contributed by atoms with Gasteiger partial charge in [-0.2, -0.15) is 0 Å². The molecule has 0 fully saturated rings. The summed E-state index contributed by atoms with van der Waals surface area (Å²) in [6.45, 7) is 8.26. The molecule has 5 nitrogen and oxygen atoms in total. The lowest BCUT2D eigenvalue weighted by Crippen LogP contribution is -2.23. The molecule has 0 saturated carbocycles. The molecule has 0 aliphatic heterocycles. The first-order chi connectivity index (χ1) is 13.1. The Morgan fingerprint density at radius 3 is 2.70 bits per heavy atom.